The summed E-state index contributed by atoms with van der Waals surface area (Å²) in [6, 6.07) is 10.8. The summed E-state index contributed by atoms with van der Waals surface area (Å²) in [5.74, 6) is 0.977. The molecule has 1 amide bonds. The average Bonchev–Trinajstić information content (AvgIpc) is 3.17. The van der Waals surface area contributed by atoms with Gasteiger partial charge in [0.05, 0.1) is 25.6 Å². The summed E-state index contributed by atoms with van der Waals surface area (Å²) in [4.78, 5) is 21.2. The Labute approximate surface area is 155 Å². The van der Waals surface area contributed by atoms with Crippen LogP contribution < -0.4 is 14.8 Å². The molecule has 0 atom stereocenters. The number of methoxy groups -OCH3 is 2. The predicted molar refractivity (Wildman–Crippen MR) is 101 cm³/mol. The summed E-state index contributed by atoms with van der Waals surface area (Å²) in [5.41, 5.74) is 2.28. The van der Waals surface area contributed by atoms with Crippen molar-refractivity contribution in [2.45, 2.75) is 6.42 Å². The lowest BCUT2D eigenvalue weighted by molar-refractivity contribution is 0.0953. The third kappa shape index (κ3) is 4.37. The molecule has 0 fully saturated rings. The highest BCUT2D eigenvalue weighted by Crippen LogP contribution is 2.23. The fourth-order valence-corrected chi connectivity index (χ4v) is 3.20. The first kappa shape index (κ1) is 17.9. The fourth-order valence-electron chi connectivity index (χ4n) is 2.37. The Morgan fingerprint density at radius 2 is 1.92 bits per heavy atom. The highest BCUT2D eigenvalue weighted by Gasteiger charge is 2.10. The first-order valence-corrected chi connectivity index (χ1v) is 8.94. The molecule has 3 aromatic rings. The monoisotopic (exact) mass is 369 g/mol. The Morgan fingerprint density at radius 3 is 2.58 bits per heavy atom. The van der Waals surface area contributed by atoms with E-state index in [2.05, 4.69) is 15.3 Å². The number of carbonyl (C=O) groups is 1. The molecular formula is C19H19N3O3S. The fraction of sp³-hybridized carbons (Fsp3) is 0.211. The van der Waals surface area contributed by atoms with Crippen LogP contribution in [0.5, 0.6) is 11.5 Å². The molecule has 0 aliphatic heterocycles. The normalized spacial score (nSPS) is 10.4. The number of aromatic nitrogens is 2. The third-order valence-electron chi connectivity index (χ3n) is 3.72. The molecule has 0 spiro atoms. The van der Waals surface area contributed by atoms with Crippen LogP contribution in [0.1, 0.15) is 16.1 Å². The van der Waals surface area contributed by atoms with Crippen molar-refractivity contribution >= 4 is 17.2 Å². The number of benzene rings is 1. The van der Waals surface area contributed by atoms with Gasteiger partial charge < -0.3 is 14.8 Å². The maximum Gasteiger partial charge on any atom is 0.251 e. The maximum atomic E-state index is 12.3. The van der Waals surface area contributed by atoms with Gasteiger partial charge in [-0.05, 0) is 24.3 Å². The van der Waals surface area contributed by atoms with E-state index >= 15 is 0 Å². The van der Waals surface area contributed by atoms with Gasteiger partial charge in [0.25, 0.3) is 5.91 Å². The summed E-state index contributed by atoms with van der Waals surface area (Å²) in [6.45, 7) is 0.490. The molecule has 0 aliphatic carbocycles. The van der Waals surface area contributed by atoms with E-state index in [4.69, 9.17) is 9.47 Å². The number of nitrogens with zero attached hydrogens (tertiary/aromatic N) is 2. The minimum absolute atomic E-state index is 0.178. The third-order valence-corrected chi connectivity index (χ3v) is 4.63. The summed E-state index contributed by atoms with van der Waals surface area (Å²) >= 11 is 1.55. The topological polar surface area (TPSA) is 73.3 Å². The van der Waals surface area contributed by atoms with Crippen LogP contribution in [0, 0.1) is 0 Å². The van der Waals surface area contributed by atoms with Crippen LogP contribution in [0.25, 0.3) is 10.7 Å². The van der Waals surface area contributed by atoms with E-state index < -0.39 is 0 Å². The number of hydrogen-bond acceptors (Lipinski definition) is 6. The van der Waals surface area contributed by atoms with E-state index in [-0.39, 0.29) is 5.91 Å². The first-order chi connectivity index (χ1) is 12.7. The van der Waals surface area contributed by atoms with Gasteiger partial charge in [-0.1, -0.05) is 6.07 Å². The molecule has 1 aromatic carbocycles. The first-order valence-electron chi connectivity index (χ1n) is 8.06. The molecule has 6 nitrogen and oxygen atoms in total. The van der Waals surface area contributed by atoms with Gasteiger partial charge in [-0.25, -0.2) is 4.98 Å². The molecule has 3 rings (SSSR count). The molecule has 1 N–H and O–H groups in total. The van der Waals surface area contributed by atoms with Crippen LogP contribution in [0.4, 0.5) is 0 Å². The number of pyridine rings is 1. The second-order valence-corrected chi connectivity index (χ2v) is 6.32. The molecule has 26 heavy (non-hydrogen) atoms. The second-order valence-electron chi connectivity index (χ2n) is 5.47. The number of carbonyl (C=O) groups excluding carboxylic acids is 1. The van der Waals surface area contributed by atoms with Gasteiger partial charge in [-0.15, -0.1) is 11.3 Å². The Hall–Kier alpha value is -2.93. The van der Waals surface area contributed by atoms with Gasteiger partial charge in [0.15, 0.2) is 0 Å². The number of ether oxygens (including phenoxy) is 2. The highest BCUT2D eigenvalue weighted by molar-refractivity contribution is 7.13. The van der Waals surface area contributed by atoms with Crippen LogP contribution in [-0.4, -0.2) is 36.6 Å². The van der Waals surface area contributed by atoms with Crippen LogP contribution in [0.3, 0.4) is 0 Å². The van der Waals surface area contributed by atoms with Crippen molar-refractivity contribution < 1.29 is 14.3 Å². The quantitative estimate of drug-likeness (QED) is 0.692. The van der Waals surface area contributed by atoms with Crippen molar-refractivity contribution in [3.63, 3.8) is 0 Å². The Bertz CT molecular complexity index is 858. The number of nitrogens with one attached hydrogen (secondary N) is 1. The van der Waals surface area contributed by atoms with Crippen molar-refractivity contribution in [2.24, 2.45) is 0 Å². The smallest absolute Gasteiger partial charge is 0.251 e. The van der Waals surface area contributed by atoms with E-state index in [0.717, 1.165) is 16.4 Å². The lowest BCUT2D eigenvalue weighted by Crippen LogP contribution is -2.25. The number of rotatable bonds is 7. The number of amides is 1. The molecule has 0 unspecified atom stereocenters. The Balaban J connectivity index is 1.58. The number of thiazole rings is 1. The largest absolute Gasteiger partial charge is 0.497 e. The van der Waals surface area contributed by atoms with Gasteiger partial charge in [-0.3, -0.25) is 9.78 Å². The highest BCUT2D eigenvalue weighted by atomic mass is 32.1. The molecule has 2 heterocycles. The zero-order valence-corrected chi connectivity index (χ0v) is 15.4. The van der Waals surface area contributed by atoms with Crippen LogP contribution >= 0.6 is 11.3 Å². The van der Waals surface area contributed by atoms with E-state index in [9.17, 15) is 4.79 Å². The van der Waals surface area contributed by atoms with Crippen molar-refractivity contribution in [3.8, 4) is 22.2 Å². The Morgan fingerprint density at radius 1 is 1.15 bits per heavy atom. The molecule has 0 saturated carbocycles. The molecule has 7 heteroatoms. The molecule has 2 aromatic heterocycles. The molecule has 0 saturated heterocycles. The SMILES string of the molecule is COc1cc(OC)cc(C(=O)NCCc2csc(-c3ccccn3)n2)c1. The second kappa shape index (κ2) is 8.44. The molecule has 0 bridgehead atoms. The summed E-state index contributed by atoms with van der Waals surface area (Å²) < 4.78 is 10.4. The van der Waals surface area contributed by atoms with Crippen molar-refractivity contribution in [1.82, 2.24) is 15.3 Å². The zero-order valence-electron chi connectivity index (χ0n) is 14.6. The van der Waals surface area contributed by atoms with Crippen LogP contribution in [0.15, 0.2) is 48.0 Å². The molecule has 0 aliphatic rings. The minimum atomic E-state index is -0.178. The van der Waals surface area contributed by atoms with Crippen molar-refractivity contribution in [3.05, 3.63) is 59.2 Å². The zero-order chi connectivity index (χ0) is 18.4. The minimum Gasteiger partial charge on any atom is -0.497 e. The van der Waals surface area contributed by atoms with E-state index in [1.807, 2.05) is 23.6 Å². The van der Waals surface area contributed by atoms with Gasteiger partial charge in [0.1, 0.15) is 16.5 Å². The predicted octanol–water partition coefficient (Wildman–Crippen LogP) is 3.19. The average molecular weight is 369 g/mol. The van der Waals surface area contributed by atoms with Gasteiger partial charge in [-0.2, -0.15) is 0 Å². The van der Waals surface area contributed by atoms with E-state index in [1.165, 1.54) is 0 Å². The van der Waals surface area contributed by atoms with E-state index in [1.54, 1.807) is 50.0 Å². The van der Waals surface area contributed by atoms with Crippen LogP contribution in [0.2, 0.25) is 0 Å². The molecule has 134 valence electrons. The molecular weight excluding hydrogens is 350 g/mol. The van der Waals surface area contributed by atoms with Crippen molar-refractivity contribution in [2.75, 3.05) is 20.8 Å². The lowest BCUT2D eigenvalue weighted by Gasteiger charge is -2.09. The lowest BCUT2D eigenvalue weighted by atomic mass is 10.2. The standard InChI is InChI=1S/C19H19N3O3S/c1-24-15-9-13(10-16(11-15)25-2)18(23)21-8-6-14-12-26-19(22-14)17-5-3-4-7-20-17/h3-5,7,9-12H,6,8H2,1-2H3,(H,21,23). The maximum absolute atomic E-state index is 12.3. The summed E-state index contributed by atoms with van der Waals surface area (Å²) in [5, 5.41) is 5.77. The van der Waals surface area contributed by atoms with E-state index in [0.29, 0.717) is 30.0 Å². The van der Waals surface area contributed by atoms with Gasteiger partial charge >= 0.3 is 0 Å². The number of hydrogen-bond donors (Lipinski definition) is 1. The summed E-state index contributed by atoms with van der Waals surface area (Å²) in [6.07, 6.45) is 2.40. The van der Waals surface area contributed by atoms with Crippen molar-refractivity contribution in [1.29, 1.82) is 0 Å². The van der Waals surface area contributed by atoms with Crippen LogP contribution in [-0.2, 0) is 6.42 Å². The summed E-state index contributed by atoms with van der Waals surface area (Å²) in [7, 11) is 3.11. The van der Waals surface area contributed by atoms with Gasteiger partial charge in [0, 0.05) is 36.2 Å². The Kier molecular flexibility index (Phi) is 5.80. The van der Waals surface area contributed by atoms with Gasteiger partial charge in [0.2, 0.25) is 0 Å². The molecule has 0 radical (unpaired) electrons.